The smallest absolute Gasteiger partial charge is 0.262 e. The average molecular weight is 395 g/mol. The summed E-state index contributed by atoms with van der Waals surface area (Å²) in [5, 5.41) is 4.83. The summed E-state index contributed by atoms with van der Waals surface area (Å²) in [5.74, 6) is 0.518. The van der Waals surface area contributed by atoms with E-state index in [0.717, 1.165) is 22.2 Å². The molecule has 0 unspecified atom stereocenters. The van der Waals surface area contributed by atoms with Crippen molar-refractivity contribution in [2.75, 3.05) is 5.32 Å². The Morgan fingerprint density at radius 2 is 1.80 bits per heavy atom. The Bertz CT molecular complexity index is 1460. The molecule has 0 amide bonds. The number of aromatic nitrogens is 2. The maximum absolute atomic E-state index is 13.4. The zero-order valence-electron chi connectivity index (χ0n) is 17.1. The Hall–Kier alpha value is -3.86. The second-order valence-electron chi connectivity index (χ2n) is 7.55. The molecule has 1 N–H and O–H groups in total. The minimum Gasteiger partial charge on any atom is -0.439 e. The average Bonchev–Trinajstić information content (AvgIpc) is 3.14. The Morgan fingerprint density at radius 3 is 2.57 bits per heavy atom. The summed E-state index contributed by atoms with van der Waals surface area (Å²) >= 11 is 0. The van der Waals surface area contributed by atoms with Crippen molar-refractivity contribution in [1.82, 2.24) is 9.55 Å². The number of para-hydroxylation sites is 1. The van der Waals surface area contributed by atoms with Crippen LogP contribution in [0.3, 0.4) is 0 Å². The fraction of sp³-hybridized carbons (Fsp3) is 0.120. The van der Waals surface area contributed by atoms with Crippen LogP contribution in [0.25, 0.3) is 33.1 Å². The van der Waals surface area contributed by atoms with Crippen LogP contribution in [0.1, 0.15) is 11.1 Å². The highest BCUT2D eigenvalue weighted by atomic mass is 16.4. The lowest BCUT2D eigenvalue weighted by Gasteiger charge is -2.09. The molecule has 3 aromatic heterocycles. The standard InChI is InChI=1S/C25H21N3O2/c1-15-11-12-18(16(2)14-15)27-24-21(19-9-6-7-13-26-19)22-23(30-24)17-8-4-5-10-20(17)28(3)25(22)29/h4-14,27H,1-3H3. The van der Waals surface area contributed by atoms with Gasteiger partial charge in [-0.15, -0.1) is 0 Å². The molecule has 3 heterocycles. The molecule has 0 spiro atoms. The van der Waals surface area contributed by atoms with Crippen molar-refractivity contribution in [1.29, 1.82) is 0 Å². The number of hydrogen-bond donors (Lipinski definition) is 1. The molecule has 5 heteroatoms. The van der Waals surface area contributed by atoms with E-state index in [2.05, 4.69) is 23.3 Å². The summed E-state index contributed by atoms with van der Waals surface area (Å²) in [7, 11) is 1.79. The van der Waals surface area contributed by atoms with Crippen LogP contribution in [0.2, 0.25) is 0 Å². The molecule has 5 nitrogen and oxygen atoms in total. The molecular weight excluding hydrogens is 374 g/mol. The van der Waals surface area contributed by atoms with Gasteiger partial charge in [-0.3, -0.25) is 9.78 Å². The Kier molecular flexibility index (Phi) is 4.17. The molecular formula is C25H21N3O2. The van der Waals surface area contributed by atoms with Crippen molar-refractivity contribution in [3.63, 3.8) is 0 Å². The molecule has 0 radical (unpaired) electrons. The maximum atomic E-state index is 13.4. The van der Waals surface area contributed by atoms with Crippen molar-refractivity contribution >= 4 is 33.4 Å². The van der Waals surface area contributed by atoms with Crippen LogP contribution in [0.15, 0.2) is 76.1 Å². The van der Waals surface area contributed by atoms with Crippen molar-refractivity contribution in [3.05, 3.63) is 88.3 Å². The first kappa shape index (κ1) is 18.2. The zero-order chi connectivity index (χ0) is 20.8. The summed E-state index contributed by atoms with van der Waals surface area (Å²) in [6, 6.07) is 19.6. The van der Waals surface area contributed by atoms with E-state index in [9.17, 15) is 4.79 Å². The summed E-state index contributed by atoms with van der Waals surface area (Å²) in [4.78, 5) is 17.9. The van der Waals surface area contributed by atoms with Crippen LogP contribution >= 0.6 is 0 Å². The predicted octanol–water partition coefficient (Wildman–Crippen LogP) is 5.71. The van der Waals surface area contributed by atoms with E-state index in [1.54, 1.807) is 17.8 Å². The van der Waals surface area contributed by atoms with Crippen LogP contribution in [0, 0.1) is 13.8 Å². The highest BCUT2D eigenvalue weighted by molar-refractivity contribution is 6.10. The van der Waals surface area contributed by atoms with Gasteiger partial charge in [0.15, 0.2) is 5.58 Å². The monoisotopic (exact) mass is 395 g/mol. The molecule has 0 aliphatic rings. The molecule has 2 aromatic carbocycles. The molecule has 5 rings (SSSR count). The lowest BCUT2D eigenvalue weighted by atomic mass is 10.1. The van der Waals surface area contributed by atoms with Gasteiger partial charge in [-0.2, -0.15) is 0 Å². The van der Waals surface area contributed by atoms with Crippen molar-refractivity contribution in [3.8, 4) is 11.3 Å². The first-order valence-corrected chi connectivity index (χ1v) is 9.84. The second kappa shape index (κ2) is 6.88. The number of aryl methyl sites for hydroxylation is 3. The Balaban J connectivity index is 1.87. The van der Waals surface area contributed by atoms with Gasteiger partial charge in [-0.05, 0) is 49.7 Å². The normalized spacial score (nSPS) is 11.3. The lowest BCUT2D eigenvalue weighted by Crippen LogP contribution is -2.17. The number of pyridine rings is 2. The highest BCUT2D eigenvalue weighted by Gasteiger charge is 2.23. The predicted molar refractivity (Wildman–Crippen MR) is 121 cm³/mol. The number of nitrogens with zero attached hydrogens (tertiary/aromatic N) is 2. The molecule has 0 atom stereocenters. The van der Waals surface area contributed by atoms with Crippen LogP contribution in [-0.4, -0.2) is 9.55 Å². The van der Waals surface area contributed by atoms with Crippen LogP contribution in [-0.2, 0) is 7.05 Å². The zero-order valence-corrected chi connectivity index (χ0v) is 17.1. The Morgan fingerprint density at radius 1 is 1.00 bits per heavy atom. The molecule has 0 saturated heterocycles. The third-order valence-corrected chi connectivity index (χ3v) is 5.49. The van der Waals surface area contributed by atoms with Gasteiger partial charge in [0.2, 0.25) is 5.88 Å². The van der Waals surface area contributed by atoms with E-state index in [1.165, 1.54) is 5.56 Å². The molecule has 5 aromatic rings. The molecule has 0 aliphatic heterocycles. The second-order valence-corrected chi connectivity index (χ2v) is 7.55. The highest BCUT2D eigenvalue weighted by Crippen LogP contribution is 2.40. The number of fused-ring (bicyclic) bond motifs is 3. The number of hydrogen-bond acceptors (Lipinski definition) is 4. The van der Waals surface area contributed by atoms with Gasteiger partial charge in [0.1, 0.15) is 0 Å². The minimum absolute atomic E-state index is 0.109. The van der Waals surface area contributed by atoms with Gasteiger partial charge in [0.05, 0.1) is 22.2 Å². The number of nitrogens with one attached hydrogen (secondary N) is 1. The summed E-state index contributed by atoms with van der Waals surface area (Å²) in [6.07, 6.45) is 1.72. The summed E-state index contributed by atoms with van der Waals surface area (Å²) < 4.78 is 7.99. The molecule has 0 saturated carbocycles. The van der Waals surface area contributed by atoms with Gasteiger partial charge in [-0.1, -0.05) is 35.9 Å². The fourth-order valence-electron chi connectivity index (χ4n) is 3.98. The SMILES string of the molecule is Cc1ccc(Nc2oc3c(c2-c2ccccn2)c(=O)n(C)c2ccccc32)c(C)c1. The molecule has 30 heavy (non-hydrogen) atoms. The van der Waals surface area contributed by atoms with E-state index in [4.69, 9.17) is 4.42 Å². The van der Waals surface area contributed by atoms with E-state index in [0.29, 0.717) is 28.1 Å². The van der Waals surface area contributed by atoms with Gasteiger partial charge < -0.3 is 14.3 Å². The van der Waals surface area contributed by atoms with Crippen molar-refractivity contribution in [2.24, 2.45) is 7.05 Å². The summed E-state index contributed by atoms with van der Waals surface area (Å²) in [5.41, 5.74) is 5.87. The third-order valence-electron chi connectivity index (χ3n) is 5.49. The molecule has 0 aliphatic carbocycles. The molecule has 0 bridgehead atoms. The van der Waals surface area contributed by atoms with Gasteiger partial charge in [0, 0.05) is 24.3 Å². The topological polar surface area (TPSA) is 60.1 Å². The van der Waals surface area contributed by atoms with Crippen LogP contribution < -0.4 is 10.9 Å². The number of furan rings is 1. The number of anilines is 2. The molecule has 0 fully saturated rings. The van der Waals surface area contributed by atoms with Gasteiger partial charge >= 0.3 is 0 Å². The largest absolute Gasteiger partial charge is 0.439 e. The van der Waals surface area contributed by atoms with Crippen molar-refractivity contribution in [2.45, 2.75) is 13.8 Å². The fourth-order valence-corrected chi connectivity index (χ4v) is 3.98. The lowest BCUT2D eigenvalue weighted by molar-refractivity contribution is 0.637. The first-order chi connectivity index (χ1) is 14.5. The maximum Gasteiger partial charge on any atom is 0.262 e. The number of benzene rings is 2. The van der Waals surface area contributed by atoms with Crippen molar-refractivity contribution < 1.29 is 4.42 Å². The first-order valence-electron chi connectivity index (χ1n) is 9.84. The van der Waals surface area contributed by atoms with Crippen LogP contribution in [0.5, 0.6) is 0 Å². The quantitative estimate of drug-likeness (QED) is 0.425. The van der Waals surface area contributed by atoms with Gasteiger partial charge in [-0.25, -0.2) is 0 Å². The third kappa shape index (κ3) is 2.78. The molecule has 148 valence electrons. The van der Waals surface area contributed by atoms with Gasteiger partial charge in [0.25, 0.3) is 5.56 Å². The van der Waals surface area contributed by atoms with E-state index >= 15 is 0 Å². The van der Waals surface area contributed by atoms with E-state index in [1.807, 2.05) is 61.5 Å². The number of rotatable bonds is 3. The van der Waals surface area contributed by atoms with E-state index < -0.39 is 0 Å². The Labute approximate surface area is 173 Å². The summed E-state index contributed by atoms with van der Waals surface area (Å²) in [6.45, 7) is 4.11. The minimum atomic E-state index is -0.109. The van der Waals surface area contributed by atoms with E-state index in [-0.39, 0.29) is 5.56 Å². The van der Waals surface area contributed by atoms with Crippen LogP contribution in [0.4, 0.5) is 11.6 Å².